The molecule has 7 heteroatoms. The Morgan fingerprint density at radius 1 is 1.22 bits per heavy atom. The molecule has 174 valence electrons. The second kappa shape index (κ2) is 12.0. The Morgan fingerprint density at radius 2 is 2.00 bits per heavy atom. The number of hydrogen-bond donors (Lipinski definition) is 4. The van der Waals surface area contributed by atoms with Gasteiger partial charge in [0, 0.05) is 33.7 Å². The number of hydrogen-bond acceptors (Lipinski definition) is 5. The minimum Gasteiger partial charge on any atom is -0.481 e. The van der Waals surface area contributed by atoms with Crippen molar-refractivity contribution in [1.82, 2.24) is 0 Å². The first-order valence-corrected chi connectivity index (χ1v) is 12.3. The summed E-state index contributed by atoms with van der Waals surface area (Å²) in [7, 11) is 0. The number of thiophene rings is 1. The van der Waals surface area contributed by atoms with E-state index in [1.807, 2.05) is 42.5 Å². The number of aliphatic hydroxyl groups is 3. The third-order valence-electron chi connectivity index (χ3n) is 6.08. The van der Waals surface area contributed by atoms with E-state index in [9.17, 15) is 20.1 Å². The van der Waals surface area contributed by atoms with Crippen molar-refractivity contribution in [3.63, 3.8) is 0 Å². The summed E-state index contributed by atoms with van der Waals surface area (Å²) < 4.78 is 1.14. The molecule has 32 heavy (non-hydrogen) atoms. The molecule has 1 aromatic carbocycles. The second-order valence-electron chi connectivity index (χ2n) is 8.43. The molecule has 1 aliphatic carbocycles. The summed E-state index contributed by atoms with van der Waals surface area (Å²) in [5.41, 5.74) is 0. The van der Waals surface area contributed by atoms with Crippen LogP contribution in [0.15, 0.2) is 48.6 Å². The number of allylic oxidation sites excluding steroid dienone is 2. The second-order valence-corrected chi connectivity index (χ2v) is 9.95. The number of unbranched alkanes of at least 4 members (excludes halogenated alkanes) is 1. The molecule has 4 N–H and O–H groups in total. The quantitative estimate of drug-likeness (QED) is 0.270. The van der Waals surface area contributed by atoms with Gasteiger partial charge in [-0.15, -0.1) is 11.3 Å². The van der Waals surface area contributed by atoms with Crippen LogP contribution in [0, 0.1) is 11.8 Å². The molecule has 0 amide bonds. The number of fused-ring (bicyclic) bond motifs is 1. The third kappa shape index (κ3) is 6.65. The molecule has 0 unspecified atom stereocenters. The van der Waals surface area contributed by atoms with Crippen LogP contribution in [0.25, 0.3) is 10.1 Å². The van der Waals surface area contributed by atoms with Gasteiger partial charge in [-0.2, -0.15) is 0 Å². The molecule has 2 aromatic rings. The van der Waals surface area contributed by atoms with Crippen LogP contribution in [0.2, 0.25) is 5.02 Å². The highest BCUT2D eigenvalue weighted by atomic mass is 35.5. The molecule has 0 bridgehead atoms. The van der Waals surface area contributed by atoms with Crippen LogP contribution in [-0.2, 0) is 11.2 Å². The highest BCUT2D eigenvalue weighted by molar-refractivity contribution is 7.19. The first-order chi connectivity index (χ1) is 15.4. The van der Waals surface area contributed by atoms with E-state index in [0.717, 1.165) is 20.0 Å². The van der Waals surface area contributed by atoms with Gasteiger partial charge in [0.25, 0.3) is 0 Å². The zero-order valence-corrected chi connectivity index (χ0v) is 19.5. The summed E-state index contributed by atoms with van der Waals surface area (Å²) in [5.74, 6) is -1.15. The topological polar surface area (TPSA) is 98.0 Å². The van der Waals surface area contributed by atoms with Crippen molar-refractivity contribution in [1.29, 1.82) is 0 Å². The van der Waals surface area contributed by atoms with Crippen molar-refractivity contribution in [2.45, 2.75) is 63.3 Å². The Balaban J connectivity index is 1.52. The molecule has 1 saturated carbocycles. The minimum atomic E-state index is -0.800. The van der Waals surface area contributed by atoms with E-state index < -0.39 is 24.3 Å². The summed E-state index contributed by atoms with van der Waals surface area (Å²) in [6.07, 6.45) is 9.07. The first kappa shape index (κ1) is 24.9. The fraction of sp³-hybridized carbons (Fsp3) is 0.480. The van der Waals surface area contributed by atoms with Gasteiger partial charge in [0.15, 0.2) is 0 Å². The maximum absolute atomic E-state index is 10.6. The number of halogens is 1. The summed E-state index contributed by atoms with van der Waals surface area (Å²) in [6, 6.07) is 7.99. The van der Waals surface area contributed by atoms with Crippen LogP contribution < -0.4 is 0 Å². The van der Waals surface area contributed by atoms with Crippen LogP contribution in [0.5, 0.6) is 0 Å². The fourth-order valence-corrected chi connectivity index (χ4v) is 5.85. The molecule has 3 rings (SSSR count). The standard InChI is InChI=1S/C25H31ClO5S/c26-25-19-8-5-6-9-22(19)32-23(25)14-12-16(27)11-13-18-17(20(28)15-21(18)29)7-3-1-2-4-10-24(30)31/h1,3,5-6,8-9,11,13,16-18,20-21,27-29H,2,4,7,10,12,14-15H2,(H,30,31)/b3-1-,13-11+/t16-,17-,18-,20+,21-/m1/s1. The molecule has 0 radical (unpaired) electrons. The SMILES string of the molecule is O=C(O)CCC/C=C\C[C@@H]1[C@@H](/C=C/[C@@H](O)CCc2sc3ccccc3c2Cl)[C@H](O)C[C@@H]1O. The van der Waals surface area contributed by atoms with Crippen molar-refractivity contribution < 1.29 is 25.2 Å². The van der Waals surface area contributed by atoms with Gasteiger partial charge in [-0.25, -0.2) is 0 Å². The number of benzene rings is 1. The number of rotatable bonds is 11. The van der Waals surface area contributed by atoms with E-state index in [0.29, 0.717) is 38.5 Å². The summed E-state index contributed by atoms with van der Waals surface area (Å²) >= 11 is 8.13. The molecule has 1 fully saturated rings. The minimum absolute atomic E-state index is 0.124. The lowest BCUT2D eigenvalue weighted by Crippen LogP contribution is -2.20. The molecule has 0 spiro atoms. The highest BCUT2D eigenvalue weighted by Crippen LogP contribution is 2.37. The number of carboxylic acids is 1. The number of aryl methyl sites for hydroxylation is 1. The van der Waals surface area contributed by atoms with Crippen molar-refractivity contribution >= 4 is 39.0 Å². The van der Waals surface area contributed by atoms with E-state index in [1.165, 1.54) is 0 Å². The Hall–Kier alpha value is -1.70. The Bertz CT molecular complexity index is 953. The summed E-state index contributed by atoms with van der Waals surface area (Å²) in [4.78, 5) is 11.6. The van der Waals surface area contributed by atoms with E-state index in [2.05, 4.69) is 0 Å². The zero-order valence-electron chi connectivity index (χ0n) is 17.9. The number of carbonyl (C=O) groups is 1. The Kier molecular flexibility index (Phi) is 9.32. The normalized spacial score (nSPS) is 24.8. The van der Waals surface area contributed by atoms with E-state index >= 15 is 0 Å². The lowest BCUT2D eigenvalue weighted by Gasteiger charge is -2.19. The van der Waals surface area contributed by atoms with Crippen LogP contribution in [-0.4, -0.2) is 44.7 Å². The lowest BCUT2D eigenvalue weighted by molar-refractivity contribution is -0.137. The van der Waals surface area contributed by atoms with Gasteiger partial charge in [0.2, 0.25) is 0 Å². The molecular formula is C25H31ClO5S. The van der Waals surface area contributed by atoms with Crippen LogP contribution in [0.3, 0.4) is 0 Å². The van der Waals surface area contributed by atoms with Crippen LogP contribution in [0.4, 0.5) is 0 Å². The summed E-state index contributed by atoms with van der Waals surface area (Å²) in [6.45, 7) is 0. The average molecular weight is 479 g/mol. The van der Waals surface area contributed by atoms with Gasteiger partial charge in [-0.3, -0.25) is 4.79 Å². The predicted molar refractivity (Wildman–Crippen MR) is 129 cm³/mol. The lowest BCUT2D eigenvalue weighted by atomic mass is 9.89. The van der Waals surface area contributed by atoms with Gasteiger partial charge >= 0.3 is 5.97 Å². The van der Waals surface area contributed by atoms with Crippen LogP contribution >= 0.6 is 22.9 Å². The number of aliphatic hydroxyl groups excluding tert-OH is 3. The molecule has 5 atom stereocenters. The zero-order chi connectivity index (χ0) is 23.1. The van der Waals surface area contributed by atoms with Crippen molar-refractivity contribution in [3.8, 4) is 0 Å². The maximum Gasteiger partial charge on any atom is 0.303 e. The predicted octanol–water partition coefficient (Wildman–Crippen LogP) is 4.96. The van der Waals surface area contributed by atoms with Gasteiger partial charge in [-0.05, 0) is 44.1 Å². The number of carboxylic acid groups (broad SMARTS) is 1. The Morgan fingerprint density at radius 3 is 2.75 bits per heavy atom. The molecule has 1 heterocycles. The molecule has 5 nitrogen and oxygen atoms in total. The highest BCUT2D eigenvalue weighted by Gasteiger charge is 2.39. The molecular weight excluding hydrogens is 448 g/mol. The van der Waals surface area contributed by atoms with E-state index in [4.69, 9.17) is 16.7 Å². The van der Waals surface area contributed by atoms with Gasteiger partial charge < -0.3 is 20.4 Å². The van der Waals surface area contributed by atoms with Gasteiger partial charge in [0.05, 0.1) is 23.3 Å². The smallest absolute Gasteiger partial charge is 0.303 e. The van der Waals surface area contributed by atoms with E-state index in [-0.39, 0.29) is 18.3 Å². The molecule has 0 saturated heterocycles. The van der Waals surface area contributed by atoms with Crippen LogP contribution in [0.1, 0.15) is 43.4 Å². The largest absolute Gasteiger partial charge is 0.481 e. The van der Waals surface area contributed by atoms with Crippen molar-refractivity contribution in [2.75, 3.05) is 0 Å². The first-order valence-electron chi connectivity index (χ1n) is 11.1. The Labute approximate surface area is 197 Å². The molecule has 1 aromatic heterocycles. The molecule has 0 aliphatic heterocycles. The number of aliphatic carboxylic acids is 1. The molecule has 1 aliphatic rings. The monoisotopic (exact) mass is 478 g/mol. The van der Waals surface area contributed by atoms with Gasteiger partial charge in [0.1, 0.15) is 0 Å². The third-order valence-corrected chi connectivity index (χ3v) is 7.85. The van der Waals surface area contributed by atoms with Crippen molar-refractivity contribution in [3.05, 3.63) is 58.5 Å². The van der Waals surface area contributed by atoms with E-state index in [1.54, 1.807) is 17.4 Å². The maximum atomic E-state index is 10.6. The van der Waals surface area contributed by atoms with Gasteiger partial charge in [-0.1, -0.05) is 54.1 Å². The average Bonchev–Trinajstić information content (AvgIpc) is 3.22. The fourth-order valence-electron chi connectivity index (χ4n) is 4.31. The van der Waals surface area contributed by atoms with Crippen molar-refractivity contribution in [2.24, 2.45) is 11.8 Å². The summed E-state index contributed by atoms with van der Waals surface area (Å²) in [5, 5.41) is 41.6.